The Morgan fingerprint density at radius 3 is 1.94 bits per heavy atom. The third kappa shape index (κ3) is 5.66. The van der Waals surface area contributed by atoms with Gasteiger partial charge in [-0.25, -0.2) is 17.6 Å². The fourth-order valence-electron chi connectivity index (χ4n) is 5.91. The van der Waals surface area contributed by atoms with Crippen LogP contribution in [0.5, 0.6) is 0 Å². The van der Waals surface area contributed by atoms with Gasteiger partial charge in [0.05, 0.1) is 12.7 Å². The maximum absolute atomic E-state index is 15.1. The van der Waals surface area contributed by atoms with E-state index in [1.807, 2.05) is 6.08 Å². The second-order valence-corrected chi connectivity index (χ2v) is 10.3. The molecule has 2 atom stereocenters. The maximum atomic E-state index is 15.1. The van der Waals surface area contributed by atoms with Gasteiger partial charge in [-0.15, -0.1) is 6.58 Å². The first kappa shape index (κ1) is 25.9. The van der Waals surface area contributed by atoms with Gasteiger partial charge in [-0.3, -0.25) is 0 Å². The highest BCUT2D eigenvalue weighted by Crippen LogP contribution is 2.41. The summed E-state index contributed by atoms with van der Waals surface area (Å²) in [6.45, 7) is 6.38. The van der Waals surface area contributed by atoms with E-state index >= 15 is 17.6 Å². The van der Waals surface area contributed by atoms with E-state index in [0.29, 0.717) is 30.4 Å². The number of hydrogen-bond acceptors (Lipinski definition) is 1. The molecule has 4 rings (SSSR count). The first-order chi connectivity index (χ1) is 16.9. The summed E-state index contributed by atoms with van der Waals surface area (Å²) < 4.78 is 66.2. The third-order valence-electron chi connectivity index (χ3n) is 7.99. The second-order valence-electron chi connectivity index (χ2n) is 10.3. The highest BCUT2D eigenvalue weighted by Gasteiger charge is 2.29. The highest BCUT2D eigenvalue weighted by atomic mass is 19.2. The van der Waals surface area contributed by atoms with Gasteiger partial charge < -0.3 is 4.74 Å². The monoisotopic (exact) mass is 488 g/mol. The smallest absolute Gasteiger partial charge is 0.167 e. The Balaban J connectivity index is 1.51. The van der Waals surface area contributed by atoms with E-state index < -0.39 is 29.4 Å². The summed E-state index contributed by atoms with van der Waals surface area (Å²) in [7, 11) is 0. The predicted molar refractivity (Wildman–Crippen MR) is 132 cm³/mol. The Labute approximate surface area is 206 Å². The minimum atomic E-state index is -1.16. The molecule has 190 valence electrons. The summed E-state index contributed by atoms with van der Waals surface area (Å²) in [4.78, 5) is 0. The maximum Gasteiger partial charge on any atom is 0.167 e. The zero-order valence-corrected chi connectivity index (χ0v) is 20.6. The minimum Gasteiger partial charge on any atom is -0.373 e. The molecule has 0 amide bonds. The first-order valence-corrected chi connectivity index (χ1v) is 13.1. The topological polar surface area (TPSA) is 9.23 Å². The van der Waals surface area contributed by atoms with Crippen molar-refractivity contribution in [1.29, 1.82) is 0 Å². The van der Waals surface area contributed by atoms with Crippen LogP contribution in [0, 0.1) is 35.1 Å². The lowest BCUT2D eigenvalue weighted by atomic mass is 9.77. The molecular formula is C30H36F4O. The van der Waals surface area contributed by atoms with Gasteiger partial charge >= 0.3 is 0 Å². The third-order valence-corrected chi connectivity index (χ3v) is 7.99. The molecule has 0 N–H and O–H groups in total. The molecule has 0 bridgehead atoms. The lowest BCUT2D eigenvalue weighted by Crippen LogP contribution is -2.21. The van der Waals surface area contributed by atoms with Crippen molar-refractivity contribution in [2.75, 3.05) is 6.61 Å². The minimum absolute atomic E-state index is 0.0330. The fourth-order valence-corrected chi connectivity index (χ4v) is 5.91. The van der Waals surface area contributed by atoms with Gasteiger partial charge in [-0.2, -0.15) is 0 Å². The van der Waals surface area contributed by atoms with Crippen LogP contribution in [0.2, 0.25) is 0 Å². The van der Waals surface area contributed by atoms with E-state index in [2.05, 4.69) is 13.5 Å². The Bertz CT molecular complexity index is 1020. The standard InChI is InChI=1S/C30H36F4O/c1-3-5-7-20-10-17-26(35-18-20)25-16-15-24(29(33)30(25)34)23-14-13-22(27(31)28(23)32)21-11-8-19(6-4-2)9-12-21/h3,13-16,19-21,26H,1,4-12,17-18H2,2H3. The van der Waals surface area contributed by atoms with Crippen LogP contribution < -0.4 is 0 Å². The summed E-state index contributed by atoms with van der Waals surface area (Å²) in [5.74, 6) is -3.25. The molecule has 0 radical (unpaired) electrons. The second kappa shape index (κ2) is 11.7. The summed E-state index contributed by atoms with van der Waals surface area (Å²) in [6.07, 6.45) is 10.6. The van der Waals surface area contributed by atoms with Crippen LogP contribution in [-0.4, -0.2) is 6.61 Å². The molecule has 2 aromatic carbocycles. The largest absolute Gasteiger partial charge is 0.373 e. The van der Waals surface area contributed by atoms with Crippen molar-refractivity contribution in [1.82, 2.24) is 0 Å². The molecule has 1 aliphatic heterocycles. The Hall–Kier alpha value is -2.14. The lowest BCUT2D eigenvalue weighted by Gasteiger charge is -2.30. The van der Waals surface area contributed by atoms with Crippen LogP contribution in [-0.2, 0) is 4.74 Å². The normalized spacial score (nSPS) is 24.9. The van der Waals surface area contributed by atoms with E-state index in [1.165, 1.54) is 24.6 Å². The Kier molecular flexibility index (Phi) is 8.69. The van der Waals surface area contributed by atoms with Crippen molar-refractivity contribution in [3.05, 3.63) is 71.3 Å². The zero-order valence-electron chi connectivity index (χ0n) is 20.6. The number of allylic oxidation sites excluding steroid dienone is 1. The van der Waals surface area contributed by atoms with Crippen molar-refractivity contribution in [2.24, 2.45) is 11.8 Å². The van der Waals surface area contributed by atoms with E-state index in [-0.39, 0.29) is 22.6 Å². The van der Waals surface area contributed by atoms with Crippen molar-refractivity contribution in [3.63, 3.8) is 0 Å². The molecular weight excluding hydrogens is 452 g/mol. The van der Waals surface area contributed by atoms with Crippen molar-refractivity contribution >= 4 is 0 Å². The summed E-state index contributed by atoms with van der Waals surface area (Å²) in [5, 5.41) is 0. The van der Waals surface area contributed by atoms with Crippen LogP contribution >= 0.6 is 0 Å². The van der Waals surface area contributed by atoms with Crippen LogP contribution in [0.4, 0.5) is 17.6 Å². The van der Waals surface area contributed by atoms with Gasteiger partial charge in [0.15, 0.2) is 23.3 Å². The summed E-state index contributed by atoms with van der Waals surface area (Å²) in [6, 6.07) is 5.74. The predicted octanol–water partition coefficient (Wildman–Crippen LogP) is 9.42. The SMILES string of the molecule is C=CCCC1CCC(c2ccc(-c3ccc(C4CCC(CCC)CC4)c(F)c3F)c(F)c2F)OC1. The molecule has 1 heterocycles. The summed E-state index contributed by atoms with van der Waals surface area (Å²) >= 11 is 0. The molecule has 2 aromatic rings. The number of rotatable bonds is 8. The van der Waals surface area contributed by atoms with Crippen molar-refractivity contribution in [3.8, 4) is 11.1 Å². The molecule has 2 aliphatic rings. The first-order valence-electron chi connectivity index (χ1n) is 13.1. The summed E-state index contributed by atoms with van der Waals surface area (Å²) in [5.41, 5.74) is -0.0292. The van der Waals surface area contributed by atoms with Gasteiger partial charge in [-0.1, -0.05) is 50.1 Å². The van der Waals surface area contributed by atoms with E-state index in [1.54, 1.807) is 6.07 Å². The van der Waals surface area contributed by atoms with Crippen LogP contribution in [0.15, 0.2) is 36.9 Å². The molecule has 1 nitrogen and oxygen atoms in total. The fraction of sp³-hybridized carbons (Fsp3) is 0.533. The molecule has 1 saturated heterocycles. The van der Waals surface area contributed by atoms with E-state index in [0.717, 1.165) is 51.4 Å². The number of ether oxygens (including phenoxy) is 1. The Morgan fingerprint density at radius 2 is 1.37 bits per heavy atom. The average molecular weight is 489 g/mol. The van der Waals surface area contributed by atoms with Crippen LogP contribution in [0.3, 0.4) is 0 Å². The van der Waals surface area contributed by atoms with Gasteiger partial charge in [0.1, 0.15) is 0 Å². The molecule has 5 heteroatoms. The van der Waals surface area contributed by atoms with Crippen molar-refractivity contribution in [2.45, 2.75) is 83.2 Å². The molecule has 0 aromatic heterocycles. The highest BCUT2D eigenvalue weighted by molar-refractivity contribution is 5.66. The average Bonchev–Trinajstić information content (AvgIpc) is 2.87. The molecule has 35 heavy (non-hydrogen) atoms. The van der Waals surface area contributed by atoms with E-state index in [4.69, 9.17) is 4.74 Å². The zero-order chi connectivity index (χ0) is 24.9. The number of benzene rings is 2. The molecule has 0 spiro atoms. The van der Waals surface area contributed by atoms with Gasteiger partial charge in [-0.05, 0) is 74.7 Å². The van der Waals surface area contributed by atoms with Gasteiger partial charge in [0, 0.05) is 16.7 Å². The molecule has 1 aliphatic carbocycles. The molecule has 1 saturated carbocycles. The van der Waals surface area contributed by atoms with Crippen molar-refractivity contribution < 1.29 is 22.3 Å². The van der Waals surface area contributed by atoms with Crippen LogP contribution in [0.1, 0.15) is 94.3 Å². The Morgan fingerprint density at radius 1 is 0.771 bits per heavy atom. The molecule has 2 unspecified atom stereocenters. The number of hydrogen-bond donors (Lipinski definition) is 0. The number of halogens is 4. The van der Waals surface area contributed by atoms with Gasteiger partial charge in [0.2, 0.25) is 0 Å². The van der Waals surface area contributed by atoms with Gasteiger partial charge in [0.25, 0.3) is 0 Å². The lowest BCUT2D eigenvalue weighted by molar-refractivity contribution is -0.0210. The van der Waals surface area contributed by atoms with E-state index in [9.17, 15) is 0 Å². The van der Waals surface area contributed by atoms with Crippen LogP contribution in [0.25, 0.3) is 11.1 Å². The quantitative estimate of drug-likeness (QED) is 0.266. The molecule has 2 fully saturated rings.